The predicted octanol–water partition coefficient (Wildman–Crippen LogP) is 2.92. The van der Waals surface area contributed by atoms with E-state index in [4.69, 9.17) is 4.74 Å². The van der Waals surface area contributed by atoms with E-state index >= 15 is 0 Å². The Kier molecular flexibility index (Phi) is 5.75. The van der Waals surface area contributed by atoms with Crippen molar-refractivity contribution in [1.29, 1.82) is 0 Å². The maximum atomic E-state index is 13.2. The molecule has 0 saturated carbocycles. The summed E-state index contributed by atoms with van der Waals surface area (Å²) in [5, 5.41) is 2.71. The van der Waals surface area contributed by atoms with E-state index in [1.165, 1.54) is 4.31 Å². The maximum absolute atomic E-state index is 13.2. The third-order valence-corrected chi connectivity index (χ3v) is 8.40. The van der Waals surface area contributed by atoms with Gasteiger partial charge in [0.05, 0.1) is 12.0 Å². The van der Waals surface area contributed by atoms with E-state index < -0.39 is 10.0 Å². The second kappa shape index (κ2) is 8.73. The quantitative estimate of drug-likeness (QED) is 0.607. The molecule has 9 heteroatoms. The predicted molar refractivity (Wildman–Crippen MR) is 128 cm³/mol. The number of sulfonamides is 1. The fraction of sp³-hybridized carbons (Fsp3) is 0.280. The van der Waals surface area contributed by atoms with Gasteiger partial charge in [-0.1, -0.05) is 18.2 Å². The number of aromatic nitrogens is 1. The van der Waals surface area contributed by atoms with Gasteiger partial charge < -0.3 is 14.6 Å². The number of fused-ring (bicyclic) bond motifs is 4. The molecular weight excluding hydrogens is 454 g/mol. The van der Waals surface area contributed by atoms with Crippen LogP contribution in [-0.4, -0.2) is 43.4 Å². The maximum Gasteiger partial charge on any atom is 0.274 e. The van der Waals surface area contributed by atoms with E-state index in [-0.39, 0.29) is 33.9 Å². The van der Waals surface area contributed by atoms with E-state index in [2.05, 4.69) is 5.32 Å². The number of piperidine rings is 1. The van der Waals surface area contributed by atoms with Crippen molar-refractivity contribution in [3.63, 3.8) is 0 Å². The highest BCUT2D eigenvalue weighted by molar-refractivity contribution is 7.89. The Morgan fingerprint density at radius 1 is 0.971 bits per heavy atom. The Labute approximate surface area is 197 Å². The summed E-state index contributed by atoms with van der Waals surface area (Å²) in [5.74, 6) is 0.205. The summed E-state index contributed by atoms with van der Waals surface area (Å²) in [6, 6.07) is 18.5. The zero-order valence-corrected chi connectivity index (χ0v) is 19.5. The molecule has 8 nitrogen and oxygen atoms in total. The first-order chi connectivity index (χ1) is 16.4. The van der Waals surface area contributed by atoms with Gasteiger partial charge in [0.25, 0.3) is 11.5 Å². The van der Waals surface area contributed by atoms with Crippen LogP contribution in [0.15, 0.2) is 76.4 Å². The van der Waals surface area contributed by atoms with Gasteiger partial charge >= 0.3 is 0 Å². The van der Waals surface area contributed by atoms with Gasteiger partial charge in [-0.15, -0.1) is 0 Å². The van der Waals surface area contributed by atoms with Crippen molar-refractivity contribution in [3.8, 4) is 5.75 Å². The molecule has 2 aliphatic heterocycles. The number of ether oxygens (including phenoxy) is 1. The summed E-state index contributed by atoms with van der Waals surface area (Å²) in [5.41, 5.74) is 1.16. The molecule has 0 aliphatic carbocycles. The number of nitrogens with zero attached hydrogens (tertiary/aromatic N) is 2. The SMILES string of the molecule is COc1ccc(C(=O)Nc2ccc3n(c2=O)C[C@H]2C[C@@H]3CN(S(=O)(=O)c3ccccc3)C2)cc1. The number of amides is 1. The Hall–Kier alpha value is -3.43. The van der Waals surface area contributed by atoms with E-state index in [1.54, 1.807) is 72.3 Å². The van der Waals surface area contributed by atoms with Crippen LogP contribution in [0.3, 0.4) is 0 Å². The molecule has 5 rings (SSSR count). The van der Waals surface area contributed by atoms with Gasteiger partial charge in [0, 0.05) is 36.8 Å². The minimum absolute atomic E-state index is 0.0231. The normalized spacial score (nSPS) is 19.8. The smallest absolute Gasteiger partial charge is 0.274 e. The van der Waals surface area contributed by atoms with Crippen LogP contribution in [0.5, 0.6) is 5.75 Å². The summed E-state index contributed by atoms with van der Waals surface area (Å²) in [6.07, 6.45) is 0.831. The first-order valence-corrected chi connectivity index (χ1v) is 12.5. The number of hydrogen-bond acceptors (Lipinski definition) is 5. The fourth-order valence-electron chi connectivity index (χ4n) is 4.87. The second-order valence-corrected chi connectivity index (χ2v) is 10.6. The van der Waals surface area contributed by atoms with Crippen molar-refractivity contribution < 1.29 is 17.9 Å². The van der Waals surface area contributed by atoms with Gasteiger partial charge in [0.1, 0.15) is 11.4 Å². The van der Waals surface area contributed by atoms with Crippen LogP contribution in [0, 0.1) is 5.92 Å². The molecule has 34 heavy (non-hydrogen) atoms. The van der Waals surface area contributed by atoms with E-state index in [9.17, 15) is 18.0 Å². The molecule has 2 bridgehead atoms. The molecule has 2 atom stereocenters. The molecular formula is C25H25N3O5S. The first-order valence-electron chi connectivity index (χ1n) is 11.1. The number of nitrogens with one attached hydrogen (secondary N) is 1. The lowest BCUT2D eigenvalue weighted by Gasteiger charge is -2.42. The highest BCUT2D eigenvalue weighted by Gasteiger charge is 2.39. The van der Waals surface area contributed by atoms with Gasteiger partial charge in [-0.25, -0.2) is 8.42 Å². The van der Waals surface area contributed by atoms with Crippen molar-refractivity contribution in [2.24, 2.45) is 5.92 Å². The number of carbonyl (C=O) groups is 1. The number of methoxy groups -OCH3 is 1. The summed E-state index contributed by atoms with van der Waals surface area (Å²) in [6.45, 7) is 1.10. The van der Waals surface area contributed by atoms with Crippen LogP contribution in [0.2, 0.25) is 0 Å². The minimum Gasteiger partial charge on any atom is -0.497 e. The molecule has 0 unspecified atom stereocenters. The zero-order valence-electron chi connectivity index (χ0n) is 18.7. The molecule has 0 radical (unpaired) electrons. The van der Waals surface area contributed by atoms with Crippen LogP contribution in [0.25, 0.3) is 0 Å². The van der Waals surface area contributed by atoms with Crippen molar-refractivity contribution in [1.82, 2.24) is 8.87 Å². The molecule has 1 fully saturated rings. The summed E-state index contributed by atoms with van der Waals surface area (Å²) >= 11 is 0. The third-order valence-electron chi connectivity index (χ3n) is 6.55. The van der Waals surface area contributed by atoms with Crippen molar-refractivity contribution in [2.75, 3.05) is 25.5 Å². The standard InChI is InChI=1S/C25H25N3O5S/c1-33-20-9-7-18(8-10-20)24(29)26-22-11-12-23-19-13-17(15-28(23)25(22)30)14-27(16-19)34(31,32)21-5-3-2-4-6-21/h2-12,17,19H,13-16H2,1H3,(H,26,29)/t17-,19+/m0/s1. The Morgan fingerprint density at radius 3 is 2.41 bits per heavy atom. The molecule has 1 amide bonds. The monoisotopic (exact) mass is 479 g/mol. The van der Waals surface area contributed by atoms with Crippen LogP contribution >= 0.6 is 0 Å². The van der Waals surface area contributed by atoms with Crippen molar-refractivity contribution in [3.05, 3.63) is 88.3 Å². The van der Waals surface area contributed by atoms with Crippen LogP contribution in [0.1, 0.15) is 28.4 Å². The summed E-state index contributed by atoms with van der Waals surface area (Å²) in [4.78, 5) is 26.1. The lowest BCUT2D eigenvalue weighted by atomic mass is 9.84. The molecule has 3 heterocycles. The van der Waals surface area contributed by atoms with Crippen LogP contribution in [-0.2, 0) is 16.6 Å². The average molecular weight is 480 g/mol. The number of benzene rings is 2. The largest absolute Gasteiger partial charge is 0.497 e. The molecule has 0 spiro atoms. The Morgan fingerprint density at radius 2 is 1.71 bits per heavy atom. The Balaban J connectivity index is 1.38. The number of rotatable bonds is 5. The number of hydrogen-bond donors (Lipinski definition) is 1. The van der Waals surface area contributed by atoms with Crippen LogP contribution < -0.4 is 15.6 Å². The van der Waals surface area contributed by atoms with Crippen molar-refractivity contribution in [2.45, 2.75) is 23.8 Å². The lowest BCUT2D eigenvalue weighted by Crippen LogP contribution is -2.49. The van der Waals surface area contributed by atoms with E-state index in [0.29, 0.717) is 30.9 Å². The minimum atomic E-state index is -3.60. The molecule has 2 aliphatic rings. The zero-order chi connectivity index (χ0) is 23.9. The molecule has 3 aromatic rings. The number of carbonyl (C=O) groups excluding carboxylic acids is 1. The summed E-state index contributed by atoms with van der Waals surface area (Å²) < 4.78 is 34.6. The fourth-order valence-corrected chi connectivity index (χ4v) is 6.45. The lowest BCUT2D eigenvalue weighted by molar-refractivity contribution is 0.102. The third kappa shape index (κ3) is 4.01. The first kappa shape index (κ1) is 22.4. The number of pyridine rings is 1. The molecule has 1 N–H and O–H groups in total. The van der Waals surface area contributed by atoms with Gasteiger partial charge in [0.2, 0.25) is 10.0 Å². The molecule has 2 aromatic carbocycles. The highest BCUT2D eigenvalue weighted by atomic mass is 32.2. The summed E-state index contributed by atoms with van der Waals surface area (Å²) in [7, 11) is -2.05. The van der Waals surface area contributed by atoms with Crippen molar-refractivity contribution >= 4 is 21.6 Å². The molecule has 1 saturated heterocycles. The topological polar surface area (TPSA) is 97.7 Å². The van der Waals surface area contributed by atoms with Gasteiger partial charge in [0.15, 0.2) is 0 Å². The number of anilines is 1. The van der Waals surface area contributed by atoms with E-state index in [1.807, 2.05) is 6.07 Å². The van der Waals surface area contributed by atoms with Gasteiger partial charge in [-0.3, -0.25) is 9.59 Å². The molecule has 176 valence electrons. The molecule has 1 aromatic heterocycles. The second-order valence-electron chi connectivity index (χ2n) is 8.70. The highest BCUT2D eigenvalue weighted by Crippen LogP contribution is 2.37. The van der Waals surface area contributed by atoms with Gasteiger partial charge in [-0.2, -0.15) is 4.31 Å². The average Bonchev–Trinajstić information content (AvgIpc) is 2.86. The van der Waals surface area contributed by atoms with Gasteiger partial charge in [-0.05, 0) is 60.9 Å². The Bertz CT molecular complexity index is 1380. The van der Waals surface area contributed by atoms with Crippen LogP contribution in [0.4, 0.5) is 5.69 Å². The van der Waals surface area contributed by atoms with E-state index in [0.717, 1.165) is 12.1 Å².